The van der Waals surface area contributed by atoms with E-state index in [9.17, 15) is 22.8 Å². The zero-order valence-electron chi connectivity index (χ0n) is 22.0. The number of alkyl halides is 3. The number of anilines is 2. The lowest BCUT2D eigenvalue weighted by Gasteiger charge is -2.12. The molecule has 0 saturated carbocycles. The molecule has 11 heteroatoms. The maximum Gasteiger partial charge on any atom is 0.417 e. The third-order valence-corrected chi connectivity index (χ3v) is 3.92. The Balaban J connectivity index is 1.81. The van der Waals surface area contributed by atoms with E-state index < -0.39 is 82.2 Å². The lowest BCUT2D eigenvalue weighted by atomic mass is 10.2. The number of carbonyl (C=O) groups is 2. The minimum atomic E-state index is -5.10. The van der Waals surface area contributed by atoms with Crippen molar-refractivity contribution in [3.8, 4) is 11.5 Å². The first kappa shape index (κ1) is 15.9. The van der Waals surface area contributed by atoms with Crippen LogP contribution >= 0.6 is 11.6 Å². The molecule has 0 unspecified atom stereocenters. The van der Waals surface area contributed by atoms with Gasteiger partial charge in [0.15, 0.2) is 0 Å². The van der Waals surface area contributed by atoms with Crippen LogP contribution in [-0.2, 0) is 6.18 Å². The Morgan fingerprint density at radius 2 is 1.72 bits per heavy atom. The summed E-state index contributed by atoms with van der Waals surface area (Å²) in [6.45, 7) is 0. The molecular formula is C21H16ClF3N4O3. The fourth-order valence-electron chi connectivity index (χ4n) is 2.23. The van der Waals surface area contributed by atoms with Gasteiger partial charge in [0.25, 0.3) is 5.91 Å². The second kappa shape index (κ2) is 9.56. The quantitative estimate of drug-likeness (QED) is 0.456. The molecule has 0 bridgehead atoms. The Hall–Kier alpha value is -3.79. The Morgan fingerprint density at radius 1 is 1.03 bits per heavy atom. The van der Waals surface area contributed by atoms with Crippen LogP contribution in [0.4, 0.5) is 29.3 Å². The summed E-state index contributed by atoms with van der Waals surface area (Å²) in [5.41, 5.74) is -2.87. The monoisotopic (exact) mass is 470 g/mol. The van der Waals surface area contributed by atoms with E-state index >= 15 is 0 Å². The molecule has 0 radical (unpaired) electrons. The number of hydrogen-bond donors (Lipinski definition) is 3. The lowest BCUT2D eigenvalue weighted by Crippen LogP contribution is -2.19. The largest absolute Gasteiger partial charge is 0.457 e. The smallest absolute Gasteiger partial charge is 0.417 e. The summed E-state index contributed by atoms with van der Waals surface area (Å²) in [5, 5.41) is 5.36. The first-order valence-corrected chi connectivity index (χ1v) is 8.97. The fourth-order valence-corrected chi connectivity index (χ4v) is 2.43. The van der Waals surface area contributed by atoms with Gasteiger partial charge in [-0.15, -0.1) is 0 Å². The molecule has 3 amide bonds. The zero-order valence-corrected chi connectivity index (χ0v) is 16.7. The number of pyridine rings is 1. The average molecular weight is 471 g/mol. The van der Waals surface area contributed by atoms with Crippen molar-refractivity contribution in [1.29, 1.82) is 0 Å². The van der Waals surface area contributed by atoms with Crippen LogP contribution < -0.4 is 20.7 Å². The molecular weight excluding hydrogens is 449 g/mol. The fraction of sp³-hybridized carbons (Fsp3) is 0.0952. The van der Waals surface area contributed by atoms with Crippen molar-refractivity contribution in [2.75, 3.05) is 17.7 Å². The number of carbonyl (C=O) groups excluding carboxylic acids is 2. The standard InChI is InChI=1S/C21H16ClF3N4O3/c1-26-19(30)18-11-15(8-9-27-18)32-14-5-2-12(3-6-14)28-20(31)29-13-4-7-17(22)16(10-13)21(23,24)25/h2-11H,1H3,(H,26,30)(H2,28,29,31)/i4D,7D,8D,9D,10D,11D. The van der Waals surface area contributed by atoms with Crippen molar-refractivity contribution in [1.82, 2.24) is 10.3 Å². The molecule has 32 heavy (non-hydrogen) atoms. The molecule has 3 rings (SSSR count). The van der Waals surface area contributed by atoms with Gasteiger partial charge in [-0.25, -0.2) is 4.79 Å². The van der Waals surface area contributed by atoms with Crippen LogP contribution in [0.5, 0.6) is 11.5 Å². The van der Waals surface area contributed by atoms with Gasteiger partial charge in [-0.2, -0.15) is 13.2 Å². The summed E-state index contributed by atoms with van der Waals surface area (Å²) < 4.78 is 92.2. The molecule has 0 atom stereocenters. The van der Waals surface area contributed by atoms with E-state index in [1.807, 2.05) is 5.32 Å². The van der Waals surface area contributed by atoms with Crippen LogP contribution in [0, 0.1) is 0 Å². The second-order valence-electron chi connectivity index (χ2n) is 5.87. The van der Waals surface area contributed by atoms with Gasteiger partial charge in [-0.05, 0) is 48.4 Å². The Kier molecular flexibility index (Phi) is 4.76. The lowest BCUT2D eigenvalue weighted by molar-refractivity contribution is -0.137. The van der Waals surface area contributed by atoms with Crippen molar-refractivity contribution in [2.24, 2.45) is 0 Å². The Morgan fingerprint density at radius 3 is 2.38 bits per heavy atom. The van der Waals surface area contributed by atoms with Gasteiger partial charge in [-0.3, -0.25) is 9.78 Å². The molecule has 0 saturated heterocycles. The SMILES string of the molecule is [2H]c1nc(C(=O)NC)c([2H])c(Oc2ccc(NC(=O)Nc3c([2H])c([2H])c(Cl)c(C(F)(F)F)c3[2H])cc2)c1[2H]. The van der Waals surface area contributed by atoms with E-state index in [1.165, 1.54) is 31.3 Å². The average Bonchev–Trinajstić information content (AvgIpc) is 2.85. The number of ether oxygens (including phenoxy) is 1. The van der Waals surface area contributed by atoms with Crippen LogP contribution in [0.3, 0.4) is 0 Å². The van der Waals surface area contributed by atoms with Crippen molar-refractivity contribution in [3.05, 3.63) is 76.9 Å². The third kappa shape index (κ3) is 5.88. The molecule has 0 aliphatic rings. The maximum atomic E-state index is 13.3. The number of urea groups is 1. The molecule has 0 aliphatic heterocycles. The summed E-state index contributed by atoms with van der Waals surface area (Å²) in [6.07, 6.45) is -5.70. The van der Waals surface area contributed by atoms with Gasteiger partial charge < -0.3 is 20.7 Å². The third-order valence-electron chi connectivity index (χ3n) is 3.63. The van der Waals surface area contributed by atoms with Gasteiger partial charge >= 0.3 is 12.2 Å². The maximum absolute atomic E-state index is 13.3. The number of nitrogens with one attached hydrogen (secondary N) is 3. The van der Waals surface area contributed by atoms with Crippen LogP contribution in [0.1, 0.15) is 24.3 Å². The summed E-state index contributed by atoms with van der Waals surface area (Å²) >= 11 is 5.51. The highest BCUT2D eigenvalue weighted by Gasteiger charge is 2.33. The van der Waals surface area contributed by atoms with Crippen LogP contribution in [0.2, 0.25) is 5.02 Å². The van der Waals surface area contributed by atoms with Crippen LogP contribution in [0.15, 0.2) is 60.7 Å². The predicted octanol–water partition coefficient (Wildman–Crippen LogP) is 5.55. The summed E-state index contributed by atoms with van der Waals surface area (Å²) in [7, 11) is 1.30. The van der Waals surface area contributed by atoms with E-state index in [2.05, 4.69) is 15.6 Å². The predicted molar refractivity (Wildman–Crippen MR) is 113 cm³/mol. The molecule has 3 aromatic rings. The highest BCUT2D eigenvalue weighted by Crippen LogP contribution is 2.36. The van der Waals surface area contributed by atoms with Crippen LogP contribution in [0.25, 0.3) is 0 Å². The van der Waals surface area contributed by atoms with Crippen LogP contribution in [-0.4, -0.2) is 24.0 Å². The van der Waals surface area contributed by atoms with E-state index in [0.717, 1.165) is 0 Å². The highest BCUT2D eigenvalue weighted by atomic mass is 35.5. The Labute approximate surface area is 194 Å². The topological polar surface area (TPSA) is 92.3 Å². The molecule has 0 spiro atoms. The van der Waals surface area contributed by atoms with Crippen molar-refractivity contribution in [3.63, 3.8) is 0 Å². The number of benzene rings is 2. The minimum absolute atomic E-state index is 0.0414. The first-order chi connectivity index (χ1) is 17.7. The number of halogens is 4. The Bertz CT molecular complexity index is 1440. The second-order valence-corrected chi connectivity index (χ2v) is 6.25. The summed E-state index contributed by atoms with van der Waals surface area (Å²) in [6, 6.07) is -0.225. The van der Waals surface area contributed by atoms with Crippen molar-refractivity contribution >= 4 is 34.9 Å². The number of aromatic nitrogens is 1. The summed E-state index contributed by atoms with van der Waals surface area (Å²) in [5.74, 6) is -1.13. The highest BCUT2D eigenvalue weighted by molar-refractivity contribution is 6.31. The van der Waals surface area contributed by atoms with Gasteiger partial charge in [0.05, 0.1) is 18.8 Å². The molecule has 3 N–H and O–H groups in total. The molecule has 0 aliphatic carbocycles. The number of rotatable bonds is 5. The zero-order chi connectivity index (χ0) is 28.5. The normalized spacial score (nSPS) is 13.5. The number of amides is 3. The van der Waals surface area contributed by atoms with E-state index in [-0.39, 0.29) is 11.4 Å². The van der Waals surface area contributed by atoms with Gasteiger partial charge in [0.2, 0.25) is 0 Å². The number of nitrogens with zero attached hydrogens (tertiary/aromatic N) is 1. The molecule has 2 aromatic carbocycles. The first-order valence-electron chi connectivity index (χ1n) is 11.6. The molecule has 1 heterocycles. The van der Waals surface area contributed by atoms with Gasteiger partial charge in [-0.1, -0.05) is 11.6 Å². The van der Waals surface area contributed by atoms with E-state index in [4.69, 9.17) is 24.6 Å². The molecule has 166 valence electrons. The van der Waals surface area contributed by atoms with E-state index in [1.54, 1.807) is 0 Å². The van der Waals surface area contributed by atoms with E-state index in [0.29, 0.717) is 0 Å². The van der Waals surface area contributed by atoms with Gasteiger partial charge in [0, 0.05) is 30.6 Å². The molecule has 7 nitrogen and oxygen atoms in total. The van der Waals surface area contributed by atoms with Crippen molar-refractivity contribution < 1.29 is 35.7 Å². The minimum Gasteiger partial charge on any atom is -0.457 e. The molecule has 1 aromatic heterocycles. The summed E-state index contributed by atoms with van der Waals surface area (Å²) in [4.78, 5) is 27.9. The molecule has 0 fully saturated rings. The number of hydrogen-bond acceptors (Lipinski definition) is 4. The van der Waals surface area contributed by atoms with Gasteiger partial charge in [0.1, 0.15) is 17.2 Å². The van der Waals surface area contributed by atoms with Crippen molar-refractivity contribution in [2.45, 2.75) is 6.18 Å².